The third-order valence-corrected chi connectivity index (χ3v) is 6.62. The van der Waals surface area contributed by atoms with Gasteiger partial charge in [0.25, 0.3) is 0 Å². The number of aromatic amines is 1. The van der Waals surface area contributed by atoms with Crippen LogP contribution in [-0.2, 0) is 43.2 Å². The molecule has 15 heteroatoms. The molecule has 0 fully saturated rings. The van der Waals surface area contributed by atoms with Gasteiger partial charge in [0.2, 0.25) is 17.7 Å². The van der Waals surface area contributed by atoms with Gasteiger partial charge in [0, 0.05) is 37.6 Å². The van der Waals surface area contributed by atoms with Crippen molar-refractivity contribution in [3.8, 4) is 11.5 Å². The molecule has 0 bridgehead atoms. The van der Waals surface area contributed by atoms with Crippen molar-refractivity contribution >= 4 is 29.7 Å². The van der Waals surface area contributed by atoms with Crippen molar-refractivity contribution in [2.24, 2.45) is 5.73 Å². The largest absolute Gasteiger partial charge is 0.508 e. The number of phenols is 2. The number of amides is 3. The second kappa shape index (κ2) is 15.7. The van der Waals surface area contributed by atoms with Crippen molar-refractivity contribution in [1.82, 2.24) is 25.9 Å². The number of rotatable bonds is 16. The van der Waals surface area contributed by atoms with Gasteiger partial charge < -0.3 is 47.1 Å². The Hall–Kier alpha value is -5.44. The van der Waals surface area contributed by atoms with Gasteiger partial charge in [-0.3, -0.25) is 19.2 Å². The number of aromatic nitrogens is 2. The van der Waals surface area contributed by atoms with E-state index < -0.39 is 53.8 Å². The van der Waals surface area contributed by atoms with Gasteiger partial charge in [-0.15, -0.1) is 0 Å². The van der Waals surface area contributed by atoms with Crippen LogP contribution in [0.2, 0.25) is 0 Å². The number of hydrogen-bond donors (Lipinski definition) is 9. The maximum absolute atomic E-state index is 13.5. The summed E-state index contributed by atoms with van der Waals surface area (Å²) in [6, 6.07) is 6.39. The number of H-pyrrole nitrogens is 1. The number of nitrogens with two attached hydrogens (primary N) is 1. The van der Waals surface area contributed by atoms with Crippen molar-refractivity contribution in [3.05, 3.63) is 77.9 Å². The number of aliphatic carboxylic acids is 2. The van der Waals surface area contributed by atoms with Crippen molar-refractivity contribution in [3.63, 3.8) is 0 Å². The van der Waals surface area contributed by atoms with Crippen LogP contribution < -0.4 is 21.7 Å². The third-order valence-electron chi connectivity index (χ3n) is 6.62. The molecule has 3 aromatic rings. The second-order valence-corrected chi connectivity index (χ2v) is 10.1. The molecule has 1 heterocycles. The Morgan fingerprint density at radius 2 is 1.20 bits per heavy atom. The highest BCUT2D eigenvalue weighted by Crippen LogP contribution is 2.14. The zero-order valence-corrected chi connectivity index (χ0v) is 23.5. The highest BCUT2D eigenvalue weighted by molar-refractivity contribution is 5.94. The summed E-state index contributed by atoms with van der Waals surface area (Å²) < 4.78 is 0. The molecule has 2 aromatic carbocycles. The van der Waals surface area contributed by atoms with Crippen molar-refractivity contribution in [2.75, 3.05) is 0 Å². The van der Waals surface area contributed by atoms with Crippen molar-refractivity contribution in [2.45, 2.75) is 56.3 Å². The summed E-state index contributed by atoms with van der Waals surface area (Å²) in [5.41, 5.74) is 7.34. The van der Waals surface area contributed by atoms with Crippen molar-refractivity contribution in [1.29, 1.82) is 0 Å². The Morgan fingerprint density at radius 3 is 1.68 bits per heavy atom. The fourth-order valence-corrected chi connectivity index (χ4v) is 4.20. The molecule has 44 heavy (non-hydrogen) atoms. The Bertz CT molecular complexity index is 1430. The minimum atomic E-state index is -1.39. The lowest BCUT2D eigenvalue weighted by atomic mass is 10.0. The summed E-state index contributed by atoms with van der Waals surface area (Å²) in [6.07, 6.45) is 1.94. The number of phenolic OH excluding ortho intramolecular Hbond substituents is 2. The van der Waals surface area contributed by atoms with Crippen LogP contribution in [0.5, 0.6) is 11.5 Å². The first-order valence-electron chi connectivity index (χ1n) is 13.6. The first-order chi connectivity index (χ1) is 20.9. The molecule has 0 aliphatic rings. The topological polar surface area (TPSA) is 257 Å². The van der Waals surface area contributed by atoms with E-state index in [1.807, 2.05) is 0 Å². The molecular weight excluding hydrogens is 576 g/mol. The third kappa shape index (κ3) is 10.4. The molecule has 234 valence electrons. The van der Waals surface area contributed by atoms with Crippen molar-refractivity contribution < 1.29 is 44.4 Å². The van der Waals surface area contributed by atoms with Crippen LogP contribution >= 0.6 is 0 Å². The lowest BCUT2D eigenvalue weighted by Gasteiger charge is -2.25. The molecule has 3 amide bonds. The Kier molecular flexibility index (Phi) is 11.8. The monoisotopic (exact) mass is 610 g/mol. The van der Waals surface area contributed by atoms with E-state index in [1.165, 1.54) is 61.1 Å². The number of carbonyl (C=O) groups excluding carboxylic acids is 3. The number of benzene rings is 2. The molecule has 0 saturated carbocycles. The summed E-state index contributed by atoms with van der Waals surface area (Å²) in [6.45, 7) is 0. The fraction of sp³-hybridized carbons (Fsp3) is 0.310. The van der Waals surface area contributed by atoms with E-state index in [2.05, 4.69) is 25.9 Å². The van der Waals surface area contributed by atoms with E-state index in [1.54, 1.807) is 0 Å². The lowest BCUT2D eigenvalue weighted by Crippen LogP contribution is -2.58. The van der Waals surface area contributed by atoms with Crippen LogP contribution in [0, 0.1) is 0 Å². The summed E-state index contributed by atoms with van der Waals surface area (Å²) in [5, 5.41) is 45.4. The minimum Gasteiger partial charge on any atom is -0.508 e. The molecule has 0 saturated heterocycles. The van der Waals surface area contributed by atoms with Crippen LogP contribution in [0.1, 0.15) is 29.7 Å². The number of nitrogens with one attached hydrogen (secondary N) is 4. The van der Waals surface area contributed by atoms with Gasteiger partial charge in [0.15, 0.2) is 0 Å². The molecule has 3 rings (SSSR count). The van der Waals surface area contributed by atoms with Crippen LogP contribution in [0.4, 0.5) is 0 Å². The van der Waals surface area contributed by atoms with E-state index in [0.717, 1.165) is 0 Å². The maximum atomic E-state index is 13.5. The average molecular weight is 611 g/mol. The predicted octanol–water partition coefficient (Wildman–Crippen LogP) is -0.420. The van der Waals surface area contributed by atoms with Gasteiger partial charge in [-0.1, -0.05) is 24.3 Å². The molecule has 10 N–H and O–H groups in total. The number of nitrogens with zero attached hydrogens (tertiary/aromatic N) is 1. The molecule has 0 aliphatic carbocycles. The van der Waals surface area contributed by atoms with E-state index in [9.17, 15) is 39.3 Å². The fourth-order valence-electron chi connectivity index (χ4n) is 4.20. The van der Waals surface area contributed by atoms with Crippen LogP contribution in [-0.4, -0.2) is 84.2 Å². The number of aromatic hydroxyl groups is 2. The number of carboxylic acid groups (broad SMARTS) is 2. The highest BCUT2D eigenvalue weighted by atomic mass is 16.4. The van der Waals surface area contributed by atoms with Gasteiger partial charge >= 0.3 is 11.9 Å². The quantitative estimate of drug-likeness (QED) is 0.101. The molecule has 15 nitrogen and oxygen atoms in total. The summed E-state index contributed by atoms with van der Waals surface area (Å²) in [5.74, 6) is -4.94. The Labute approximate surface area is 251 Å². The summed E-state index contributed by atoms with van der Waals surface area (Å²) in [7, 11) is 0. The Morgan fingerprint density at radius 1 is 0.727 bits per heavy atom. The molecular formula is C29H34N6O9. The van der Waals surface area contributed by atoms with Gasteiger partial charge in [-0.25, -0.2) is 9.78 Å². The number of imidazole rings is 1. The van der Waals surface area contributed by atoms with Gasteiger partial charge in [0.05, 0.1) is 12.4 Å². The first kappa shape index (κ1) is 33.1. The molecule has 4 unspecified atom stereocenters. The predicted molar refractivity (Wildman–Crippen MR) is 154 cm³/mol. The number of hydrogen-bond acceptors (Lipinski definition) is 9. The van der Waals surface area contributed by atoms with E-state index in [-0.39, 0.29) is 43.6 Å². The Balaban J connectivity index is 1.82. The van der Waals surface area contributed by atoms with Crippen LogP contribution in [0.3, 0.4) is 0 Å². The van der Waals surface area contributed by atoms with Crippen LogP contribution in [0.25, 0.3) is 0 Å². The SMILES string of the molecule is NC(CCC(=O)O)C(=O)NC(Cc1cnc[nH]1)C(=O)NC(Cc1ccc(O)cc1)C(=O)NC(Cc1ccc(O)cc1)C(=O)O. The van der Waals surface area contributed by atoms with E-state index in [0.29, 0.717) is 16.8 Å². The van der Waals surface area contributed by atoms with E-state index in [4.69, 9.17) is 10.8 Å². The first-order valence-corrected chi connectivity index (χ1v) is 13.6. The van der Waals surface area contributed by atoms with Gasteiger partial charge in [-0.05, 0) is 41.8 Å². The molecule has 4 atom stereocenters. The molecule has 0 aliphatic heterocycles. The smallest absolute Gasteiger partial charge is 0.326 e. The summed E-state index contributed by atoms with van der Waals surface area (Å²) in [4.78, 5) is 69.4. The molecule has 1 aromatic heterocycles. The number of carbonyl (C=O) groups is 5. The van der Waals surface area contributed by atoms with Crippen LogP contribution in [0.15, 0.2) is 61.1 Å². The van der Waals surface area contributed by atoms with Gasteiger partial charge in [-0.2, -0.15) is 0 Å². The second-order valence-electron chi connectivity index (χ2n) is 10.1. The average Bonchev–Trinajstić information content (AvgIpc) is 3.50. The normalized spacial score (nSPS) is 13.6. The van der Waals surface area contributed by atoms with E-state index >= 15 is 0 Å². The molecule has 0 spiro atoms. The highest BCUT2D eigenvalue weighted by Gasteiger charge is 2.31. The maximum Gasteiger partial charge on any atom is 0.326 e. The number of carboxylic acids is 2. The minimum absolute atomic E-state index is 0.0130. The van der Waals surface area contributed by atoms with Gasteiger partial charge in [0.1, 0.15) is 29.6 Å². The standard InChI is InChI=1S/C29H34N6O9/c30-21(9-10-25(38)39)26(40)33-23(13-18-14-31-15-32-18)28(42)34-22(11-16-1-5-19(36)6-2-16)27(41)35-24(29(43)44)12-17-3-7-20(37)8-4-17/h1-8,14-15,21-24,36-37H,9-13,30H2,(H,31,32)(H,33,40)(H,34,42)(H,35,41)(H,38,39)(H,43,44). The zero-order valence-electron chi connectivity index (χ0n) is 23.5. The molecule has 0 radical (unpaired) electrons. The zero-order chi connectivity index (χ0) is 32.2. The summed E-state index contributed by atoms with van der Waals surface area (Å²) >= 11 is 0. The lowest BCUT2D eigenvalue weighted by molar-refractivity contribution is -0.142.